The van der Waals surface area contributed by atoms with Crippen LogP contribution in [0.2, 0.25) is 5.15 Å². The third-order valence-electron chi connectivity index (χ3n) is 3.37. The van der Waals surface area contributed by atoms with E-state index in [0.29, 0.717) is 4.47 Å². The van der Waals surface area contributed by atoms with Crippen LogP contribution in [-0.4, -0.2) is 28.2 Å². The number of halogens is 4. The SMILES string of the molecule is O=[N+]([O-])c1cnc(Cl)cc1N[C@H](CCO)c1c(Br)cccc1OC(F)F. The highest BCUT2D eigenvalue weighted by molar-refractivity contribution is 9.10. The number of nitrogens with one attached hydrogen (secondary N) is 1. The van der Waals surface area contributed by atoms with E-state index in [1.54, 1.807) is 6.07 Å². The molecule has 0 unspecified atom stereocenters. The van der Waals surface area contributed by atoms with Gasteiger partial charge in [0.25, 0.3) is 0 Å². The van der Waals surface area contributed by atoms with Gasteiger partial charge in [0.15, 0.2) is 0 Å². The lowest BCUT2D eigenvalue weighted by Crippen LogP contribution is -2.16. The lowest BCUT2D eigenvalue weighted by Gasteiger charge is -2.23. The van der Waals surface area contributed by atoms with Crippen LogP contribution in [0.4, 0.5) is 20.2 Å². The van der Waals surface area contributed by atoms with Gasteiger partial charge in [-0.3, -0.25) is 10.1 Å². The van der Waals surface area contributed by atoms with Crippen LogP contribution in [-0.2, 0) is 0 Å². The molecule has 1 atom stereocenters. The van der Waals surface area contributed by atoms with Crippen LogP contribution >= 0.6 is 27.5 Å². The van der Waals surface area contributed by atoms with Crippen LogP contribution in [0.5, 0.6) is 5.75 Å². The van der Waals surface area contributed by atoms with Gasteiger partial charge in [-0.15, -0.1) is 0 Å². The van der Waals surface area contributed by atoms with Gasteiger partial charge in [-0.05, 0) is 18.6 Å². The second-order valence-corrected chi connectivity index (χ2v) is 6.26. The maximum Gasteiger partial charge on any atom is 0.387 e. The highest BCUT2D eigenvalue weighted by Gasteiger charge is 2.24. The van der Waals surface area contributed by atoms with E-state index in [1.807, 2.05) is 0 Å². The molecule has 0 amide bonds. The van der Waals surface area contributed by atoms with Crippen molar-refractivity contribution in [2.75, 3.05) is 11.9 Å². The molecule has 26 heavy (non-hydrogen) atoms. The summed E-state index contributed by atoms with van der Waals surface area (Å²) in [4.78, 5) is 14.2. The van der Waals surface area contributed by atoms with Gasteiger partial charge >= 0.3 is 12.3 Å². The summed E-state index contributed by atoms with van der Waals surface area (Å²) in [6.07, 6.45) is 1.05. The molecule has 0 saturated carbocycles. The van der Waals surface area contributed by atoms with Gasteiger partial charge in [0.2, 0.25) is 0 Å². The minimum atomic E-state index is -3.05. The minimum absolute atomic E-state index is 0.0111. The van der Waals surface area contributed by atoms with Gasteiger partial charge in [-0.25, -0.2) is 4.98 Å². The fourth-order valence-electron chi connectivity index (χ4n) is 2.34. The molecule has 140 valence electrons. The van der Waals surface area contributed by atoms with E-state index in [0.717, 1.165) is 6.20 Å². The van der Waals surface area contributed by atoms with E-state index in [2.05, 4.69) is 31.0 Å². The van der Waals surface area contributed by atoms with Crippen LogP contribution in [0.25, 0.3) is 0 Å². The second kappa shape index (κ2) is 9.06. The van der Waals surface area contributed by atoms with Crippen molar-refractivity contribution in [1.82, 2.24) is 4.98 Å². The molecule has 11 heteroatoms. The molecule has 0 bridgehead atoms. The lowest BCUT2D eigenvalue weighted by atomic mass is 10.0. The van der Waals surface area contributed by atoms with Crippen molar-refractivity contribution in [2.45, 2.75) is 19.1 Å². The Morgan fingerprint density at radius 3 is 2.81 bits per heavy atom. The van der Waals surface area contributed by atoms with E-state index < -0.39 is 17.6 Å². The van der Waals surface area contributed by atoms with Gasteiger partial charge in [-0.1, -0.05) is 33.6 Å². The van der Waals surface area contributed by atoms with Gasteiger partial charge in [-0.2, -0.15) is 8.78 Å². The summed E-state index contributed by atoms with van der Waals surface area (Å²) < 4.78 is 30.4. The fraction of sp³-hybridized carbons (Fsp3) is 0.267. The summed E-state index contributed by atoms with van der Waals surface area (Å²) in [7, 11) is 0. The lowest BCUT2D eigenvalue weighted by molar-refractivity contribution is -0.384. The molecule has 2 aromatic rings. The van der Waals surface area contributed by atoms with Gasteiger partial charge in [0.05, 0.1) is 11.0 Å². The molecule has 1 aromatic heterocycles. The van der Waals surface area contributed by atoms with Crippen molar-refractivity contribution in [3.05, 3.63) is 55.8 Å². The van der Waals surface area contributed by atoms with Crippen LogP contribution in [0.3, 0.4) is 0 Å². The molecule has 0 radical (unpaired) electrons. The van der Waals surface area contributed by atoms with E-state index >= 15 is 0 Å². The van der Waals surface area contributed by atoms with Crippen molar-refractivity contribution in [1.29, 1.82) is 0 Å². The molecule has 0 fully saturated rings. The first-order valence-corrected chi connectivity index (χ1v) is 8.41. The number of nitro groups is 1. The molecule has 7 nitrogen and oxygen atoms in total. The van der Waals surface area contributed by atoms with Crippen LogP contribution in [0.15, 0.2) is 34.9 Å². The summed E-state index contributed by atoms with van der Waals surface area (Å²) >= 11 is 9.07. The first-order valence-electron chi connectivity index (χ1n) is 7.24. The third-order valence-corrected chi connectivity index (χ3v) is 4.27. The Labute approximate surface area is 160 Å². The summed E-state index contributed by atoms with van der Waals surface area (Å²) in [6.45, 7) is -3.36. The molecule has 0 saturated heterocycles. The Morgan fingerprint density at radius 2 is 2.19 bits per heavy atom. The average molecular weight is 453 g/mol. The fourth-order valence-corrected chi connectivity index (χ4v) is 3.13. The smallest absolute Gasteiger partial charge is 0.387 e. The Balaban J connectivity index is 2.49. The molecule has 2 N–H and O–H groups in total. The second-order valence-electron chi connectivity index (χ2n) is 5.02. The Kier molecular flexibility index (Phi) is 7.06. The highest BCUT2D eigenvalue weighted by Crippen LogP contribution is 2.38. The van der Waals surface area contributed by atoms with Gasteiger partial charge < -0.3 is 15.2 Å². The third kappa shape index (κ3) is 4.99. The number of aliphatic hydroxyl groups excluding tert-OH is 1. The molecule has 0 aliphatic rings. The minimum Gasteiger partial charge on any atom is -0.434 e. The maximum absolute atomic E-state index is 12.7. The van der Waals surface area contributed by atoms with Gasteiger partial charge in [0, 0.05) is 22.7 Å². The zero-order chi connectivity index (χ0) is 19.3. The Bertz CT molecular complexity index is 797. The summed E-state index contributed by atoms with van der Waals surface area (Å²) in [5.74, 6) is -0.122. The van der Waals surface area contributed by atoms with E-state index in [1.165, 1.54) is 18.2 Å². The number of anilines is 1. The number of benzene rings is 1. The maximum atomic E-state index is 12.7. The molecular weight excluding hydrogens is 440 g/mol. The van der Waals surface area contributed by atoms with Crippen molar-refractivity contribution >= 4 is 38.9 Å². The molecule has 0 spiro atoms. The van der Waals surface area contributed by atoms with E-state index in [4.69, 9.17) is 11.6 Å². The average Bonchev–Trinajstić information content (AvgIpc) is 2.54. The monoisotopic (exact) mass is 451 g/mol. The number of aliphatic hydroxyl groups is 1. The number of hydrogen-bond donors (Lipinski definition) is 2. The number of ether oxygens (including phenoxy) is 1. The standard InChI is InChI=1S/C15H13BrClF2N3O4/c16-8-2-1-3-12(26-15(18)19)14(8)9(4-5-23)21-10-6-13(17)20-7-11(10)22(24)25/h1-3,6-7,9,15,23H,4-5H2,(H,20,21)/t9-/m1/s1. The van der Waals surface area contributed by atoms with E-state index in [9.17, 15) is 24.0 Å². The molecule has 1 aromatic carbocycles. The zero-order valence-corrected chi connectivity index (χ0v) is 15.4. The molecule has 1 heterocycles. The summed E-state index contributed by atoms with van der Waals surface area (Å²) in [6, 6.07) is 4.92. The van der Waals surface area contributed by atoms with Crippen molar-refractivity contribution in [3.8, 4) is 5.75 Å². The highest BCUT2D eigenvalue weighted by atomic mass is 79.9. The quantitative estimate of drug-likeness (QED) is 0.347. The molecule has 0 aliphatic heterocycles. The van der Waals surface area contributed by atoms with Gasteiger partial charge in [0.1, 0.15) is 22.8 Å². The van der Waals surface area contributed by atoms with Crippen LogP contribution in [0, 0.1) is 10.1 Å². The van der Waals surface area contributed by atoms with Crippen LogP contribution in [0.1, 0.15) is 18.0 Å². The number of hydrogen-bond acceptors (Lipinski definition) is 6. The predicted molar refractivity (Wildman–Crippen MR) is 94.7 cm³/mol. The normalized spacial score (nSPS) is 12.1. The number of rotatable bonds is 8. The number of aromatic nitrogens is 1. The van der Waals surface area contributed by atoms with E-state index in [-0.39, 0.29) is 40.9 Å². The number of alkyl halides is 2. The summed E-state index contributed by atoms with van der Waals surface area (Å²) in [5.41, 5.74) is -0.0306. The molecule has 0 aliphatic carbocycles. The predicted octanol–water partition coefficient (Wildman–Crippen LogP) is 4.54. The zero-order valence-electron chi connectivity index (χ0n) is 13.0. The van der Waals surface area contributed by atoms with Crippen molar-refractivity contribution in [3.63, 3.8) is 0 Å². The van der Waals surface area contributed by atoms with Crippen molar-refractivity contribution in [2.24, 2.45) is 0 Å². The largest absolute Gasteiger partial charge is 0.434 e. The Hall–Kier alpha value is -2.04. The first kappa shape index (κ1) is 20.3. The van der Waals surface area contributed by atoms with Crippen LogP contribution < -0.4 is 10.1 Å². The Morgan fingerprint density at radius 1 is 1.46 bits per heavy atom. The molecular formula is C15H13BrClF2N3O4. The first-order chi connectivity index (χ1) is 12.3. The molecule has 2 rings (SSSR count). The topological polar surface area (TPSA) is 97.5 Å². The summed E-state index contributed by atoms with van der Waals surface area (Å²) in [5, 5.41) is 23.4. The number of pyridine rings is 1. The van der Waals surface area contributed by atoms with Crippen molar-refractivity contribution < 1.29 is 23.5 Å². The number of nitrogens with zero attached hydrogens (tertiary/aromatic N) is 2.